The number of nitrogens with zero attached hydrogens (tertiary/aromatic N) is 3. The van der Waals surface area contributed by atoms with Gasteiger partial charge in [-0.15, -0.1) is 11.3 Å². The molecule has 2 fully saturated rings. The summed E-state index contributed by atoms with van der Waals surface area (Å²) in [6.45, 7) is 5.53. The van der Waals surface area contributed by atoms with Gasteiger partial charge in [0.15, 0.2) is 0 Å². The maximum absolute atomic E-state index is 13.5. The fourth-order valence-electron chi connectivity index (χ4n) is 6.20. The van der Waals surface area contributed by atoms with Gasteiger partial charge in [0.2, 0.25) is 11.8 Å². The van der Waals surface area contributed by atoms with Crippen molar-refractivity contribution in [2.75, 3.05) is 24.5 Å². The minimum absolute atomic E-state index is 0.0409. The summed E-state index contributed by atoms with van der Waals surface area (Å²) in [7, 11) is 0. The second kappa shape index (κ2) is 12.5. The summed E-state index contributed by atoms with van der Waals surface area (Å²) in [4.78, 5) is 54.8. The van der Waals surface area contributed by atoms with E-state index in [1.165, 1.54) is 0 Å². The Labute approximate surface area is 244 Å². The molecule has 1 saturated heterocycles. The Kier molecular flexibility index (Phi) is 8.77. The van der Waals surface area contributed by atoms with Crippen LogP contribution in [0.3, 0.4) is 0 Å². The van der Waals surface area contributed by atoms with Gasteiger partial charge in [-0.2, -0.15) is 0 Å². The lowest BCUT2D eigenvalue weighted by Crippen LogP contribution is -2.45. The summed E-state index contributed by atoms with van der Waals surface area (Å²) in [5.41, 5.74) is 3.26. The van der Waals surface area contributed by atoms with Crippen LogP contribution in [0.25, 0.3) is 10.2 Å². The summed E-state index contributed by atoms with van der Waals surface area (Å²) in [5.74, 6) is -1.40. The number of benzene rings is 1. The molecule has 5 rings (SSSR count). The molecular formula is C31H38N4O5S. The van der Waals surface area contributed by atoms with Crippen LogP contribution in [-0.4, -0.2) is 63.9 Å². The Morgan fingerprint density at radius 1 is 1.00 bits per heavy atom. The van der Waals surface area contributed by atoms with Crippen LogP contribution >= 0.6 is 11.3 Å². The molecule has 3 aromatic rings. The topological polar surface area (TPSA) is 112 Å². The van der Waals surface area contributed by atoms with Crippen LogP contribution in [0.5, 0.6) is 0 Å². The number of anilines is 1. The first-order valence-electron chi connectivity index (χ1n) is 14.5. The zero-order valence-corrected chi connectivity index (χ0v) is 24.5. The fourth-order valence-corrected chi connectivity index (χ4v) is 7.03. The number of aryl methyl sites for hydroxylation is 1. The van der Waals surface area contributed by atoms with Gasteiger partial charge in [0.05, 0.1) is 16.1 Å². The molecule has 0 spiro atoms. The Hall–Kier alpha value is -3.66. The highest BCUT2D eigenvalue weighted by Gasteiger charge is 2.34. The maximum atomic E-state index is 13.5. The van der Waals surface area contributed by atoms with E-state index in [9.17, 15) is 24.3 Å². The largest absolute Gasteiger partial charge is 0.481 e. The van der Waals surface area contributed by atoms with Crippen LogP contribution in [0.1, 0.15) is 61.5 Å². The molecule has 218 valence electrons. The maximum Gasteiger partial charge on any atom is 0.306 e. The number of hydrogen-bond acceptors (Lipinski definition) is 5. The van der Waals surface area contributed by atoms with Gasteiger partial charge >= 0.3 is 5.97 Å². The number of carbonyl (C=O) groups excluding carboxylic acids is 3. The number of rotatable bonds is 8. The van der Waals surface area contributed by atoms with Crippen LogP contribution < -0.4 is 10.2 Å². The summed E-state index contributed by atoms with van der Waals surface area (Å²) >= 11 is 1.54. The molecule has 0 bridgehead atoms. The summed E-state index contributed by atoms with van der Waals surface area (Å²) < 4.78 is 2.78. The highest BCUT2D eigenvalue weighted by Crippen LogP contribution is 2.30. The van der Waals surface area contributed by atoms with Crippen LogP contribution in [-0.2, 0) is 20.9 Å². The van der Waals surface area contributed by atoms with Crippen molar-refractivity contribution in [1.82, 2.24) is 14.8 Å². The number of carbonyl (C=O) groups is 4. The number of aromatic nitrogens is 1. The zero-order valence-electron chi connectivity index (χ0n) is 23.7. The van der Waals surface area contributed by atoms with Crippen LogP contribution in [0.2, 0.25) is 0 Å². The molecule has 0 radical (unpaired) electrons. The lowest BCUT2D eigenvalue weighted by molar-refractivity contribution is -0.147. The van der Waals surface area contributed by atoms with E-state index >= 15 is 0 Å². The number of likely N-dealkylation sites (N-methyl/N-ethyl adjacent to an activating group) is 1. The number of fused-ring (bicyclic) bond motifs is 1. The molecule has 2 N–H and O–H groups in total. The van der Waals surface area contributed by atoms with E-state index in [4.69, 9.17) is 0 Å². The van der Waals surface area contributed by atoms with E-state index < -0.39 is 5.97 Å². The van der Waals surface area contributed by atoms with Crippen molar-refractivity contribution in [3.05, 3.63) is 53.0 Å². The van der Waals surface area contributed by atoms with Gasteiger partial charge in [0.25, 0.3) is 5.91 Å². The van der Waals surface area contributed by atoms with Crippen molar-refractivity contribution in [2.45, 2.75) is 65.0 Å². The third-order valence-corrected chi connectivity index (χ3v) is 9.40. The number of nitrogens with one attached hydrogen (secondary N) is 1. The minimum Gasteiger partial charge on any atom is -0.481 e. The molecule has 0 unspecified atom stereocenters. The quantitative estimate of drug-likeness (QED) is 0.403. The Bertz CT molecular complexity index is 1430. The lowest BCUT2D eigenvalue weighted by Gasteiger charge is -2.35. The molecule has 3 heterocycles. The minimum atomic E-state index is -0.780. The molecular weight excluding hydrogens is 540 g/mol. The molecule has 1 saturated carbocycles. The SMILES string of the molecule is CCN(C(=O)Cn1c(C(=O)NC2CCC(C(=O)N3CCC(C(=O)O)CC3)CC2)cc2sccc21)c1cccc(C)c1. The summed E-state index contributed by atoms with van der Waals surface area (Å²) in [6.07, 6.45) is 3.82. The standard InChI is InChI=1S/C31H38N4O5S/c1-3-34(24-6-4-5-20(2)17-24)28(36)19-35-25-13-16-41-27(25)18-26(35)29(37)32-23-9-7-21(8-10-23)30(38)33-14-11-22(12-15-33)31(39)40/h4-6,13,16-18,21-23H,3,7-12,14-15,19H2,1-2H3,(H,32,37)(H,39,40). The molecule has 1 aromatic carbocycles. The first kappa shape index (κ1) is 28.9. The predicted octanol–water partition coefficient (Wildman–Crippen LogP) is 4.68. The summed E-state index contributed by atoms with van der Waals surface area (Å²) in [6, 6.07) is 11.6. The van der Waals surface area contributed by atoms with Crippen LogP contribution in [0.4, 0.5) is 5.69 Å². The Balaban J connectivity index is 1.21. The number of carboxylic acids is 1. The van der Waals surface area contributed by atoms with E-state index in [0.717, 1.165) is 21.5 Å². The van der Waals surface area contributed by atoms with Gasteiger partial charge in [0.1, 0.15) is 12.2 Å². The van der Waals surface area contributed by atoms with Crippen molar-refractivity contribution in [3.63, 3.8) is 0 Å². The molecule has 0 atom stereocenters. The number of amides is 3. The molecule has 1 aliphatic heterocycles. The molecule has 9 nitrogen and oxygen atoms in total. The zero-order chi connectivity index (χ0) is 29.1. The lowest BCUT2D eigenvalue weighted by atomic mass is 9.84. The fraction of sp³-hybridized carbons (Fsp3) is 0.484. The number of likely N-dealkylation sites (tertiary alicyclic amines) is 1. The smallest absolute Gasteiger partial charge is 0.306 e. The average molecular weight is 579 g/mol. The van der Waals surface area contributed by atoms with Crippen LogP contribution in [0, 0.1) is 18.8 Å². The van der Waals surface area contributed by atoms with E-state index in [1.807, 2.05) is 65.1 Å². The molecule has 10 heteroatoms. The van der Waals surface area contributed by atoms with Crippen LogP contribution in [0.15, 0.2) is 41.8 Å². The van der Waals surface area contributed by atoms with E-state index in [0.29, 0.717) is 63.9 Å². The van der Waals surface area contributed by atoms with Crippen molar-refractivity contribution >= 4 is 50.9 Å². The normalized spacial score (nSPS) is 19.7. The monoisotopic (exact) mass is 578 g/mol. The third-order valence-electron chi connectivity index (χ3n) is 8.55. The summed E-state index contributed by atoms with van der Waals surface area (Å²) in [5, 5.41) is 14.4. The number of aliphatic carboxylic acids is 1. The third kappa shape index (κ3) is 6.32. The van der Waals surface area contributed by atoms with Gasteiger partial charge in [0, 0.05) is 37.3 Å². The molecule has 3 amide bonds. The van der Waals surface area contributed by atoms with Gasteiger partial charge in [-0.3, -0.25) is 19.2 Å². The van der Waals surface area contributed by atoms with E-state index in [1.54, 1.807) is 16.2 Å². The molecule has 2 aromatic heterocycles. The molecule has 1 aliphatic carbocycles. The van der Waals surface area contributed by atoms with Gasteiger partial charge in [-0.25, -0.2) is 0 Å². The average Bonchev–Trinajstić information content (AvgIpc) is 3.56. The van der Waals surface area contributed by atoms with E-state index in [2.05, 4.69) is 5.32 Å². The van der Waals surface area contributed by atoms with Gasteiger partial charge in [-0.05, 0) is 87.6 Å². The Morgan fingerprint density at radius 3 is 2.39 bits per heavy atom. The van der Waals surface area contributed by atoms with Gasteiger partial charge in [-0.1, -0.05) is 12.1 Å². The number of piperidine rings is 1. The first-order valence-corrected chi connectivity index (χ1v) is 15.4. The number of hydrogen-bond donors (Lipinski definition) is 2. The highest BCUT2D eigenvalue weighted by atomic mass is 32.1. The number of thiophene rings is 1. The molecule has 2 aliphatic rings. The second-order valence-corrected chi connectivity index (χ2v) is 12.2. The van der Waals surface area contributed by atoms with Crippen molar-refractivity contribution in [3.8, 4) is 0 Å². The number of carboxylic acid groups (broad SMARTS) is 1. The van der Waals surface area contributed by atoms with Crippen molar-refractivity contribution < 1.29 is 24.3 Å². The van der Waals surface area contributed by atoms with Crippen molar-refractivity contribution in [1.29, 1.82) is 0 Å². The van der Waals surface area contributed by atoms with Crippen molar-refractivity contribution in [2.24, 2.45) is 11.8 Å². The highest BCUT2D eigenvalue weighted by molar-refractivity contribution is 7.17. The second-order valence-electron chi connectivity index (χ2n) is 11.2. The first-order chi connectivity index (χ1) is 19.7. The van der Waals surface area contributed by atoms with Gasteiger partial charge < -0.3 is 24.8 Å². The predicted molar refractivity (Wildman–Crippen MR) is 159 cm³/mol. The van der Waals surface area contributed by atoms with E-state index in [-0.39, 0.29) is 42.1 Å². The Morgan fingerprint density at radius 2 is 1.73 bits per heavy atom. The molecule has 41 heavy (non-hydrogen) atoms.